The molecule has 0 amide bonds. The Hall–Kier alpha value is -1.12. The van der Waals surface area contributed by atoms with Gasteiger partial charge in [-0.05, 0) is 5.41 Å². The number of hydrogen-bond acceptors (Lipinski definition) is 3. The van der Waals surface area contributed by atoms with Gasteiger partial charge in [-0.2, -0.15) is 0 Å². The zero-order valence-corrected chi connectivity index (χ0v) is 9.76. The first-order valence-corrected chi connectivity index (χ1v) is 5.24. The van der Waals surface area contributed by atoms with Gasteiger partial charge in [0, 0.05) is 18.8 Å². The van der Waals surface area contributed by atoms with Gasteiger partial charge in [0.25, 0.3) is 0 Å². The lowest BCUT2D eigenvalue weighted by Gasteiger charge is -2.29. The molecule has 0 radical (unpaired) electrons. The Morgan fingerprint density at radius 1 is 1.20 bits per heavy atom. The van der Waals surface area contributed by atoms with Crippen molar-refractivity contribution in [3.8, 4) is 0 Å². The molecule has 1 fully saturated rings. The van der Waals surface area contributed by atoms with Crippen LogP contribution in [0.5, 0.6) is 0 Å². The van der Waals surface area contributed by atoms with Gasteiger partial charge < -0.3 is 5.11 Å². The van der Waals surface area contributed by atoms with Crippen LogP contribution < -0.4 is 0 Å². The molecule has 1 aliphatic rings. The maximum Gasteiger partial charge on any atom is 0.170 e. The van der Waals surface area contributed by atoms with Crippen molar-refractivity contribution in [3.05, 3.63) is 11.3 Å². The maximum atomic E-state index is 11.7. The number of allylic oxidation sites excluding steroid dienone is 2. The molecule has 0 aromatic heterocycles. The smallest absolute Gasteiger partial charge is 0.170 e. The quantitative estimate of drug-likeness (QED) is 0.411. The molecule has 0 bridgehead atoms. The van der Waals surface area contributed by atoms with E-state index in [4.69, 9.17) is 0 Å². The van der Waals surface area contributed by atoms with Crippen molar-refractivity contribution in [2.75, 3.05) is 0 Å². The Labute approximate surface area is 90.2 Å². The molecule has 1 rings (SSSR count). The molecule has 0 aromatic rings. The fourth-order valence-corrected chi connectivity index (χ4v) is 1.84. The Kier molecular flexibility index (Phi) is 3.03. The van der Waals surface area contributed by atoms with E-state index in [1.165, 1.54) is 0 Å². The third-order valence-electron chi connectivity index (χ3n) is 2.64. The first kappa shape index (κ1) is 12.0. The van der Waals surface area contributed by atoms with Crippen LogP contribution >= 0.6 is 0 Å². The van der Waals surface area contributed by atoms with E-state index in [9.17, 15) is 14.7 Å². The van der Waals surface area contributed by atoms with Crippen LogP contribution in [0.15, 0.2) is 11.3 Å². The number of aliphatic hydroxyl groups is 1. The average Bonchev–Trinajstić information content (AvgIpc) is 1.99. The lowest BCUT2D eigenvalue weighted by Crippen LogP contribution is -2.32. The van der Waals surface area contributed by atoms with Crippen molar-refractivity contribution in [2.24, 2.45) is 11.3 Å². The topological polar surface area (TPSA) is 54.4 Å². The van der Waals surface area contributed by atoms with E-state index < -0.39 is 0 Å². The molecule has 3 heteroatoms. The van der Waals surface area contributed by atoms with E-state index in [1.54, 1.807) is 13.8 Å². The number of Topliss-reactive ketones (excluding diaryl/α,β-unsaturated/α-hetero) is 2. The Morgan fingerprint density at radius 3 is 1.93 bits per heavy atom. The van der Waals surface area contributed by atoms with Crippen LogP contribution in [0.25, 0.3) is 0 Å². The predicted molar refractivity (Wildman–Crippen MR) is 57.5 cm³/mol. The zero-order valence-electron chi connectivity index (χ0n) is 9.76. The summed E-state index contributed by atoms with van der Waals surface area (Å²) in [5, 5.41) is 9.70. The summed E-state index contributed by atoms with van der Waals surface area (Å²) in [5.41, 5.74) is -0.237. The van der Waals surface area contributed by atoms with Crippen LogP contribution in [0.3, 0.4) is 0 Å². The van der Waals surface area contributed by atoms with Gasteiger partial charge in [0.2, 0.25) is 0 Å². The van der Waals surface area contributed by atoms with Crippen molar-refractivity contribution in [3.63, 3.8) is 0 Å². The van der Waals surface area contributed by atoms with Crippen LogP contribution in [0.4, 0.5) is 0 Å². The highest BCUT2D eigenvalue weighted by Crippen LogP contribution is 2.35. The fraction of sp³-hybridized carbons (Fsp3) is 0.667. The normalized spacial score (nSPS) is 21.0. The summed E-state index contributed by atoms with van der Waals surface area (Å²) in [6.45, 7) is 7.32. The van der Waals surface area contributed by atoms with E-state index in [2.05, 4.69) is 0 Å². The lowest BCUT2D eigenvalue weighted by molar-refractivity contribution is -0.127. The minimum absolute atomic E-state index is 0.0318. The third-order valence-corrected chi connectivity index (χ3v) is 2.64. The van der Waals surface area contributed by atoms with Gasteiger partial charge in [-0.15, -0.1) is 0 Å². The monoisotopic (exact) mass is 210 g/mol. The molecule has 0 spiro atoms. The van der Waals surface area contributed by atoms with E-state index in [0.29, 0.717) is 12.8 Å². The molecule has 15 heavy (non-hydrogen) atoms. The molecule has 84 valence electrons. The maximum absolute atomic E-state index is 11.7. The van der Waals surface area contributed by atoms with Gasteiger partial charge in [-0.1, -0.05) is 27.7 Å². The van der Waals surface area contributed by atoms with E-state index in [-0.39, 0.29) is 34.2 Å². The highest BCUT2D eigenvalue weighted by atomic mass is 16.3. The second kappa shape index (κ2) is 3.80. The fourth-order valence-electron chi connectivity index (χ4n) is 1.84. The molecule has 3 nitrogen and oxygen atoms in total. The molecule has 0 unspecified atom stereocenters. The van der Waals surface area contributed by atoms with Crippen LogP contribution in [-0.2, 0) is 9.59 Å². The number of rotatable bonds is 1. The molecule has 0 atom stereocenters. The summed E-state index contributed by atoms with van der Waals surface area (Å²) in [7, 11) is 0. The highest BCUT2D eigenvalue weighted by Gasteiger charge is 2.37. The molecule has 1 saturated carbocycles. The Balaban J connectivity index is 3.10. The molecule has 0 aromatic carbocycles. The van der Waals surface area contributed by atoms with Crippen LogP contribution in [-0.4, -0.2) is 16.7 Å². The molecular weight excluding hydrogens is 192 g/mol. The van der Waals surface area contributed by atoms with Gasteiger partial charge in [0.15, 0.2) is 11.6 Å². The summed E-state index contributed by atoms with van der Waals surface area (Å²) in [6.07, 6.45) is 0.676. The SMILES string of the molecule is CC(C)C(O)=C1C(=O)CC(C)(C)CC1=O. The van der Waals surface area contributed by atoms with Crippen molar-refractivity contribution >= 4 is 11.6 Å². The van der Waals surface area contributed by atoms with E-state index in [0.717, 1.165) is 0 Å². The van der Waals surface area contributed by atoms with Crippen molar-refractivity contribution in [1.29, 1.82) is 0 Å². The molecule has 0 heterocycles. The minimum Gasteiger partial charge on any atom is -0.511 e. The van der Waals surface area contributed by atoms with Gasteiger partial charge in [-0.25, -0.2) is 0 Å². The summed E-state index contributed by atoms with van der Waals surface area (Å²) in [5.74, 6) is -0.667. The van der Waals surface area contributed by atoms with Gasteiger partial charge in [0.1, 0.15) is 5.76 Å². The number of carbonyl (C=O) groups is 2. The number of hydrogen-bond donors (Lipinski definition) is 1. The molecule has 0 aliphatic heterocycles. The molecule has 1 N–H and O–H groups in total. The highest BCUT2D eigenvalue weighted by molar-refractivity contribution is 6.22. The van der Waals surface area contributed by atoms with Crippen molar-refractivity contribution in [2.45, 2.75) is 40.5 Å². The number of ketones is 2. The second-order valence-electron chi connectivity index (χ2n) is 5.28. The second-order valence-corrected chi connectivity index (χ2v) is 5.28. The minimum atomic E-state index is -0.269. The van der Waals surface area contributed by atoms with E-state index in [1.807, 2.05) is 13.8 Å². The van der Waals surface area contributed by atoms with Crippen molar-refractivity contribution in [1.82, 2.24) is 0 Å². The molecule has 1 aliphatic carbocycles. The van der Waals surface area contributed by atoms with Gasteiger partial charge >= 0.3 is 0 Å². The summed E-state index contributed by atoms with van der Waals surface area (Å²) >= 11 is 0. The lowest BCUT2D eigenvalue weighted by atomic mass is 9.73. The standard InChI is InChI=1S/C12H18O3/c1-7(2)11(15)10-8(13)5-12(3,4)6-9(10)14/h7,15H,5-6H2,1-4H3. The van der Waals surface area contributed by atoms with Crippen LogP contribution in [0.1, 0.15) is 40.5 Å². The first-order chi connectivity index (χ1) is 6.74. The van der Waals surface area contributed by atoms with Crippen LogP contribution in [0.2, 0.25) is 0 Å². The van der Waals surface area contributed by atoms with Crippen molar-refractivity contribution < 1.29 is 14.7 Å². The molecule has 0 saturated heterocycles. The Morgan fingerprint density at radius 2 is 1.60 bits per heavy atom. The zero-order chi connectivity index (χ0) is 11.8. The largest absolute Gasteiger partial charge is 0.511 e. The van der Waals surface area contributed by atoms with Crippen LogP contribution in [0, 0.1) is 11.3 Å². The summed E-state index contributed by atoms with van der Waals surface area (Å²) in [6, 6.07) is 0. The molecular formula is C12H18O3. The van der Waals surface area contributed by atoms with E-state index >= 15 is 0 Å². The first-order valence-electron chi connectivity index (χ1n) is 5.24. The van der Waals surface area contributed by atoms with Gasteiger partial charge in [0.05, 0.1) is 5.57 Å². The average molecular weight is 210 g/mol. The Bertz CT molecular complexity index is 313. The summed E-state index contributed by atoms with van der Waals surface area (Å²) < 4.78 is 0. The summed E-state index contributed by atoms with van der Waals surface area (Å²) in [4.78, 5) is 23.5. The number of carbonyl (C=O) groups excluding carboxylic acids is 2. The van der Waals surface area contributed by atoms with Gasteiger partial charge in [-0.3, -0.25) is 9.59 Å². The predicted octanol–water partition coefficient (Wildman–Crippen LogP) is 2.41. The number of aliphatic hydroxyl groups excluding tert-OH is 1. The third kappa shape index (κ3) is 2.46.